The molecule has 18 heavy (non-hydrogen) atoms. The molecule has 2 rings (SSSR count). The Labute approximate surface area is 114 Å². The molecule has 4 atom stereocenters. The average molecular weight is 251 g/mol. The van der Waals surface area contributed by atoms with Crippen LogP contribution >= 0.6 is 0 Å². The molecule has 106 valence electrons. The Balaban J connectivity index is 1.79. The first-order chi connectivity index (χ1) is 8.85. The first-order valence-electron chi connectivity index (χ1n) is 8.61. The van der Waals surface area contributed by atoms with Crippen molar-refractivity contribution in [2.24, 2.45) is 11.8 Å². The van der Waals surface area contributed by atoms with E-state index in [1.807, 2.05) is 0 Å². The summed E-state index contributed by atoms with van der Waals surface area (Å²) in [7, 11) is 0. The van der Waals surface area contributed by atoms with Gasteiger partial charge in [0.2, 0.25) is 0 Å². The van der Waals surface area contributed by atoms with Crippen LogP contribution < -0.4 is 5.32 Å². The van der Waals surface area contributed by atoms with Gasteiger partial charge in [-0.3, -0.25) is 0 Å². The number of rotatable bonds is 6. The third kappa shape index (κ3) is 3.73. The maximum atomic E-state index is 4.00. The van der Waals surface area contributed by atoms with E-state index in [0.717, 1.165) is 23.9 Å². The normalized spacial score (nSPS) is 36.3. The SMILES string of the molecule is CCCCCC1CCC2C(CCC)CCCC2N1. The highest BCUT2D eigenvalue weighted by Gasteiger charge is 2.36. The molecule has 1 heteroatoms. The predicted molar refractivity (Wildman–Crippen MR) is 79.8 cm³/mol. The fraction of sp³-hybridized carbons (Fsp3) is 1.00. The van der Waals surface area contributed by atoms with Crippen LogP contribution in [0.3, 0.4) is 0 Å². The van der Waals surface area contributed by atoms with Gasteiger partial charge in [-0.1, -0.05) is 58.8 Å². The molecule has 4 unspecified atom stereocenters. The van der Waals surface area contributed by atoms with Gasteiger partial charge in [0.25, 0.3) is 0 Å². The summed E-state index contributed by atoms with van der Waals surface area (Å²) < 4.78 is 0. The third-order valence-corrected chi connectivity index (χ3v) is 5.33. The lowest BCUT2D eigenvalue weighted by Crippen LogP contribution is -2.51. The molecule has 0 aromatic carbocycles. The smallest absolute Gasteiger partial charge is 0.0101 e. The quantitative estimate of drug-likeness (QED) is 0.662. The van der Waals surface area contributed by atoms with Gasteiger partial charge in [0.1, 0.15) is 0 Å². The highest BCUT2D eigenvalue weighted by Crippen LogP contribution is 2.39. The second kappa shape index (κ2) is 7.53. The summed E-state index contributed by atoms with van der Waals surface area (Å²) in [6, 6.07) is 1.72. The van der Waals surface area contributed by atoms with Crippen molar-refractivity contribution in [3.8, 4) is 0 Å². The van der Waals surface area contributed by atoms with E-state index in [1.54, 1.807) is 0 Å². The topological polar surface area (TPSA) is 12.0 Å². The molecule has 1 heterocycles. The second-order valence-corrected chi connectivity index (χ2v) is 6.69. The highest BCUT2D eigenvalue weighted by molar-refractivity contribution is 4.92. The molecule has 0 aromatic heterocycles. The van der Waals surface area contributed by atoms with Crippen molar-refractivity contribution in [2.75, 3.05) is 0 Å². The zero-order chi connectivity index (χ0) is 12.8. The van der Waals surface area contributed by atoms with Crippen molar-refractivity contribution in [2.45, 2.75) is 96.6 Å². The minimum Gasteiger partial charge on any atom is -0.311 e. The van der Waals surface area contributed by atoms with E-state index in [4.69, 9.17) is 0 Å². The second-order valence-electron chi connectivity index (χ2n) is 6.69. The van der Waals surface area contributed by atoms with E-state index in [0.29, 0.717) is 0 Å². The van der Waals surface area contributed by atoms with Crippen molar-refractivity contribution in [1.82, 2.24) is 5.32 Å². The van der Waals surface area contributed by atoms with Gasteiger partial charge in [-0.05, 0) is 37.5 Å². The van der Waals surface area contributed by atoms with Crippen molar-refractivity contribution in [1.29, 1.82) is 0 Å². The van der Waals surface area contributed by atoms with Crippen LogP contribution in [0.4, 0.5) is 0 Å². The third-order valence-electron chi connectivity index (χ3n) is 5.33. The van der Waals surface area contributed by atoms with Crippen LogP contribution in [0.1, 0.15) is 84.5 Å². The molecule has 2 aliphatic rings. The number of unbranched alkanes of at least 4 members (excludes halogenated alkanes) is 2. The minimum absolute atomic E-state index is 0.846. The van der Waals surface area contributed by atoms with E-state index >= 15 is 0 Å². The van der Waals surface area contributed by atoms with Crippen LogP contribution in [0, 0.1) is 11.8 Å². The van der Waals surface area contributed by atoms with Gasteiger partial charge in [-0.15, -0.1) is 0 Å². The summed E-state index contributed by atoms with van der Waals surface area (Å²) in [6.07, 6.45) is 15.9. The molecule has 0 amide bonds. The monoisotopic (exact) mass is 251 g/mol. The zero-order valence-electron chi connectivity index (χ0n) is 12.6. The molecule has 0 radical (unpaired) electrons. The van der Waals surface area contributed by atoms with Crippen LogP contribution in [-0.4, -0.2) is 12.1 Å². The summed E-state index contributed by atoms with van der Waals surface area (Å²) in [6.45, 7) is 4.66. The molecule has 1 N–H and O–H groups in total. The lowest BCUT2D eigenvalue weighted by Gasteiger charge is -2.45. The van der Waals surface area contributed by atoms with E-state index in [-0.39, 0.29) is 0 Å². The fourth-order valence-corrected chi connectivity index (χ4v) is 4.38. The van der Waals surface area contributed by atoms with Crippen LogP contribution in [0.15, 0.2) is 0 Å². The maximum absolute atomic E-state index is 4.00. The fourth-order valence-electron chi connectivity index (χ4n) is 4.38. The van der Waals surface area contributed by atoms with Gasteiger partial charge >= 0.3 is 0 Å². The first kappa shape index (κ1) is 14.4. The summed E-state index contributed by atoms with van der Waals surface area (Å²) in [5.74, 6) is 2.05. The van der Waals surface area contributed by atoms with Crippen LogP contribution in [0.25, 0.3) is 0 Å². The molecule has 1 aliphatic carbocycles. The van der Waals surface area contributed by atoms with E-state index in [9.17, 15) is 0 Å². The van der Waals surface area contributed by atoms with Crippen LogP contribution in [0.2, 0.25) is 0 Å². The Morgan fingerprint density at radius 2 is 1.78 bits per heavy atom. The van der Waals surface area contributed by atoms with E-state index < -0.39 is 0 Å². The molecular formula is C17H33N. The molecule has 1 saturated carbocycles. The Morgan fingerprint density at radius 1 is 0.889 bits per heavy atom. The summed E-state index contributed by atoms with van der Waals surface area (Å²) in [5, 5.41) is 4.00. The molecule has 0 aromatic rings. The molecule has 1 saturated heterocycles. The minimum atomic E-state index is 0.846. The van der Waals surface area contributed by atoms with Gasteiger partial charge in [-0.25, -0.2) is 0 Å². The van der Waals surface area contributed by atoms with Crippen molar-refractivity contribution < 1.29 is 0 Å². The van der Waals surface area contributed by atoms with Crippen molar-refractivity contribution in [3.05, 3.63) is 0 Å². The van der Waals surface area contributed by atoms with Gasteiger partial charge < -0.3 is 5.32 Å². The van der Waals surface area contributed by atoms with Crippen LogP contribution in [0.5, 0.6) is 0 Å². The largest absolute Gasteiger partial charge is 0.311 e. The first-order valence-corrected chi connectivity index (χ1v) is 8.61. The lowest BCUT2D eigenvalue weighted by atomic mass is 9.69. The van der Waals surface area contributed by atoms with E-state index in [1.165, 1.54) is 70.6 Å². The standard InChI is InChI=1S/C17H33N/c1-3-5-6-10-15-12-13-16-14(8-4-2)9-7-11-17(16)18-15/h14-18H,3-13H2,1-2H3. The van der Waals surface area contributed by atoms with Gasteiger partial charge in [0, 0.05) is 12.1 Å². The average Bonchev–Trinajstić information content (AvgIpc) is 2.39. The zero-order valence-corrected chi connectivity index (χ0v) is 12.6. The number of fused-ring (bicyclic) bond motifs is 1. The molecule has 0 spiro atoms. The summed E-state index contributed by atoms with van der Waals surface area (Å²) in [4.78, 5) is 0. The molecule has 2 fully saturated rings. The Morgan fingerprint density at radius 3 is 2.56 bits per heavy atom. The van der Waals surface area contributed by atoms with Gasteiger partial charge in [0.15, 0.2) is 0 Å². The van der Waals surface area contributed by atoms with E-state index in [2.05, 4.69) is 19.2 Å². The number of hydrogen-bond acceptors (Lipinski definition) is 1. The van der Waals surface area contributed by atoms with Crippen LogP contribution in [-0.2, 0) is 0 Å². The Hall–Kier alpha value is -0.0400. The Kier molecular flexibility index (Phi) is 6.01. The predicted octanol–water partition coefficient (Wildman–Crippen LogP) is 4.90. The number of nitrogens with one attached hydrogen (secondary N) is 1. The van der Waals surface area contributed by atoms with Gasteiger partial charge in [0.05, 0.1) is 0 Å². The number of hydrogen-bond donors (Lipinski definition) is 1. The molecule has 0 bridgehead atoms. The summed E-state index contributed by atoms with van der Waals surface area (Å²) in [5.41, 5.74) is 0. The van der Waals surface area contributed by atoms with Crippen molar-refractivity contribution in [3.63, 3.8) is 0 Å². The lowest BCUT2D eigenvalue weighted by molar-refractivity contribution is 0.106. The molecule has 1 nitrogen and oxygen atoms in total. The highest BCUT2D eigenvalue weighted by atomic mass is 15.0. The van der Waals surface area contributed by atoms with Gasteiger partial charge in [-0.2, -0.15) is 0 Å². The molecular weight excluding hydrogens is 218 g/mol. The Bertz CT molecular complexity index is 224. The number of piperidine rings is 1. The molecule has 1 aliphatic heterocycles. The maximum Gasteiger partial charge on any atom is 0.0101 e. The summed E-state index contributed by atoms with van der Waals surface area (Å²) >= 11 is 0. The van der Waals surface area contributed by atoms with Crippen molar-refractivity contribution >= 4 is 0 Å².